The molecule has 0 aromatic heterocycles. The topological polar surface area (TPSA) is 15.3 Å². The van der Waals surface area contributed by atoms with Gasteiger partial charge in [-0.2, -0.15) is 0 Å². The Kier molecular flexibility index (Phi) is 4.42. The summed E-state index contributed by atoms with van der Waals surface area (Å²) in [5.41, 5.74) is 3.34. The van der Waals surface area contributed by atoms with Gasteiger partial charge in [0.05, 0.1) is 0 Å². The molecule has 110 valence electrons. The van der Waals surface area contributed by atoms with Gasteiger partial charge in [-0.05, 0) is 49.9 Å². The highest BCUT2D eigenvalue weighted by Gasteiger charge is 2.36. The molecule has 1 saturated heterocycles. The maximum absolute atomic E-state index is 3.85. The molecule has 1 aromatic rings. The molecule has 0 unspecified atom stereocenters. The summed E-state index contributed by atoms with van der Waals surface area (Å²) >= 11 is 0. The van der Waals surface area contributed by atoms with Gasteiger partial charge in [-0.3, -0.25) is 4.90 Å². The minimum atomic E-state index is 0.430. The number of rotatable bonds is 3. The summed E-state index contributed by atoms with van der Waals surface area (Å²) in [6, 6.07) is 9.21. The Morgan fingerprint density at radius 2 is 1.75 bits per heavy atom. The molecular weight excluding hydrogens is 244 g/mol. The number of nitrogens with one attached hydrogen (secondary N) is 1. The van der Waals surface area contributed by atoms with Gasteiger partial charge in [0, 0.05) is 18.6 Å². The number of hydrogen-bond donors (Lipinski definition) is 1. The zero-order valence-corrected chi connectivity index (χ0v) is 12.8. The van der Waals surface area contributed by atoms with Gasteiger partial charge >= 0.3 is 0 Å². The van der Waals surface area contributed by atoms with Crippen LogP contribution in [-0.4, -0.2) is 30.1 Å². The van der Waals surface area contributed by atoms with Crippen LogP contribution in [-0.2, 0) is 13.0 Å². The number of benzene rings is 1. The molecule has 2 heteroatoms. The fraction of sp³-hybridized carbons (Fsp3) is 0.667. The molecule has 0 atom stereocenters. The van der Waals surface area contributed by atoms with E-state index in [-0.39, 0.29) is 0 Å². The van der Waals surface area contributed by atoms with Crippen LogP contribution in [0.4, 0.5) is 0 Å². The zero-order chi connectivity index (χ0) is 13.8. The van der Waals surface area contributed by atoms with Crippen molar-refractivity contribution in [3.05, 3.63) is 35.4 Å². The Balaban J connectivity index is 1.65. The van der Waals surface area contributed by atoms with Gasteiger partial charge in [0.2, 0.25) is 0 Å². The summed E-state index contributed by atoms with van der Waals surface area (Å²) in [6.07, 6.45) is 7.99. The van der Waals surface area contributed by atoms with E-state index in [1.54, 1.807) is 0 Å². The summed E-state index contributed by atoms with van der Waals surface area (Å²) in [7, 11) is 0. The van der Waals surface area contributed by atoms with Gasteiger partial charge in [-0.25, -0.2) is 0 Å². The van der Waals surface area contributed by atoms with Gasteiger partial charge in [-0.1, -0.05) is 44.0 Å². The third-order valence-electron chi connectivity index (χ3n) is 5.08. The normalized spacial score (nSPS) is 23.1. The van der Waals surface area contributed by atoms with Crippen molar-refractivity contribution in [2.75, 3.05) is 19.6 Å². The molecule has 1 spiro atoms. The average molecular weight is 272 g/mol. The Morgan fingerprint density at radius 1 is 1.05 bits per heavy atom. The second-order valence-electron chi connectivity index (χ2n) is 6.65. The van der Waals surface area contributed by atoms with Crippen molar-refractivity contribution < 1.29 is 0 Å². The first kappa shape index (κ1) is 14.1. The number of hydrogen-bond acceptors (Lipinski definition) is 2. The second-order valence-corrected chi connectivity index (χ2v) is 6.65. The van der Waals surface area contributed by atoms with E-state index in [0.717, 1.165) is 13.0 Å². The van der Waals surface area contributed by atoms with Crippen LogP contribution in [0.2, 0.25) is 0 Å². The molecule has 2 aliphatic rings. The van der Waals surface area contributed by atoms with E-state index in [9.17, 15) is 0 Å². The van der Waals surface area contributed by atoms with E-state index in [1.165, 1.54) is 62.9 Å². The Morgan fingerprint density at radius 3 is 2.45 bits per heavy atom. The lowest BCUT2D eigenvalue weighted by atomic mass is 9.97. The van der Waals surface area contributed by atoms with E-state index in [0.29, 0.717) is 5.54 Å². The highest BCUT2D eigenvalue weighted by Crippen LogP contribution is 2.32. The first-order chi connectivity index (χ1) is 9.80. The predicted molar refractivity (Wildman–Crippen MR) is 84.9 cm³/mol. The van der Waals surface area contributed by atoms with Crippen molar-refractivity contribution in [2.45, 2.75) is 57.5 Å². The predicted octanol–water partition coefficient (Wildman–Crippen LogP) is 3.36. The first-order valence-electron chi connectivity index (χ1n) is 8.35. The van der Waals surface area contributed by atoms with Crippen molar-refractivity contribution in [3.8, 4) is 0 Å². The third kappa shape index (κ3) is 3.24. The smallest absolute Gasteiger partial charge is 0.0308 e. The van der Waals surface area contributed by atoms with E-state index < -0.39 is 0 Å². The molecule has 1 heterocycles. The highest BCUT2D eigenvalue weighted by molar-refractivity contribution is 5.22. The highest BCUT2D eigenvalue weighted by atomic mass is 15.2. The van der Waals surface area contributed by atoms with E-state index in [4.69, 9.17) is 0 Å². The van der Waals surface area contributed by atoms with Gasteiger partial charge in [-0.15, -0.1) is 0 Å². The average Bonchev–Trinajstić information content (AvgIpc) is 2.83. The molecule has 1 aromatic carbocycles. The van der Waals surface area contributed by atoms with Crippen molar-refractivity contribution in [1.82, 2.24) is 10.2 Å². The minimum absolute atomic E-state index is 0.430. The van der Waals surface area contributed by atoms with Crippen LogP contribution in [0.1, 0.15) is 50.2 Å². The molecule has 3 rings (SSSR count). The van der Waals surface area contributed by atoms with Crippen molar-refractivity contribution in [3.63, 3.8) is 0 Å². The summed E-state index contributed by atoms with van der Waals surface area (Å²) in [6.45, 7) is 7.02. The Bertz CT molecular complexity index is 418. The molecule has 2 fully saturated rings. The molecule has 0 radical (unpaired) electrons. The van der Waals surface area contributed by atoms with Crippen LogP contribution >= 0.6 is 0 Å². The molecule has 1 N–H and O–H groups in total. The molecule has 0 bridgehead atoms. The SMILES string of the molecule is CCc1ccc(CN2CCCNC3(CCCC3)C2)cc1. The van der Waals surface area contributed by atoms with Crippen LogP contribution < -0.4 is 5.32 Å². The summed E-state index contributed by atoms with van der Waals surface area (Å²) in [4.78, 5) is 2.67. The summed E-state index contributed by atoms with van der Waals surface area (Å²) in [5.74, 6) is 0. The maximum Gasteiger partial charge on any atom is 0.0308 e. The van der Waals surface area contributed by atoms with E-state index in [1.807, 2.05) is 0 Å². The first-order valence-corrected chi connectivity index (χ1v) is 8.35. The van der Waals surface area contributed by atoms with Crippen molar-refractivity contribution >= 4 is 0 Å². The summed E-state index contributed by atoms with van der Waals surface area (Å²) in [5, 5.41) is 3.85. The molecule has 1 saturated carbocycles. The Labute approximate surface area is 123 Å². The third-order valence-corrected chi connectivity index (χ3v) is 5.08. The molecule has 0 amide bonds. The van der Waals surface area contributed by atoms with Gasteiger partial charge in [0.25, 0.3) is 0 Å². The summed E-state index contributed by atoms with van der Waals surface area (Å²) < 4.78 is 0. The second kappa shape index (κ2) is 6.28. The quantitative estimate of drug-likeness (QED) is 0.907. The molecule has 2 nitrogen and oxygen atoms in total. The lowest BCUT2D eigenvalue weighted by molar-refractivity contribution is 0.203. The fourth-order valence-corrected chi connectivity index (χ4v) is 3.88. The Hall–Kier alpha value is -0.860. The monoisotopic (exact) mass is 272 g/mol. The molecular formula is C18H28N2. The van der Waals surface area contributed by atoms with Crippen LogP contribution in [0.25, 0.3) is 0 Å². The molecule has 1 aliphatic heterocycles. The van der Waals surface area contributed by atoms with Gasteiger partial charge in [0.15, 0.2) is 0 Å². The standard InChI is InChI=1S/C18H28N2/c1-2-16-6-8-17(9-7-16)14-20-13-5-12-19-18(15-20)10-3-4-11-18/h6-9,19H,2-5,10-15H2,1H3. The van der Waals surface area contributed by atoms with Crippen LogP contribution in [0.3, 0.4) is 0 Å². The number of aryl methyl sites for hydroxylation is 1. The lowest BCUT2D eigenvalue weighted by Gasteiger charge is -2.33. The van der Waals surface area contributed by atoms with Gasteiger partial charge in [0.1, 0.15) is 0 Å². The largest absolute Gasteiger partial charge is 0.310 e. The fourth-order valence-electron chi connectivity index (χ4n) is 3.88. The maximum atomic E-state index is 3.85. The van der Waals surface area contributed by atoms with Crippen LogP contribution in [0, 0.1) is 0 Å². The number of nitrogens with zero attached hydrogens (tertiary/aromatic N) is 1. The molecule has 1 aliphatic carbocycles. The van der Waals surface area contributed by atoms with Crippen molar-refractivity contribution in [2.24, 2.45) is 0 Å². The zero-order valence-electron chi connectivity index (χ0n) is 12.8. The van der Waals surface area contributed by atoms with Crippen LogP contribution in [0.5, 0.6) is 0 Å². The lowest BCUT2D eigenvalue weighted by Crippen LogP contribution is -2.49. The van der Waals surface area contributed by atoms with Crippen molar-refractivity contribution in [1.29, 1.82) is 0 Å². The minimum Gasteiger partial charge on any atom is -0.310 e. The molecule has 20 heavy (non-hydrogen) atoms. The van der Waals surface area contributed by atoms with E-state index >= 15 is 0 Å². The van der Waals surface area contributed by atoms with Gasteiger partial charge < -0.3 is 5.32 Å². The van der Waals surface area contributed by atoms with Crippen LogP contribution in [0.15, 0.2) is 24.3 Å². The van der Waals surface area contributed by atoms with E-state index in [2.05, 4.69) is 41.4 Å².